The van der Waals surface area contributed by atoms with Gasteiger partial charge in [0, 0.05) is 20.6 Å². The molecule has 0 aliphatic carbocycles. The third kappa shape index (κ3) is 9.86. The van der Waals surface area contributed by atoms with Gasteiger partial charge in [0.25, 0.3) is 0 Å². The molecule has 0 unspecified atom stereocenters. The van der Waals surface area contributed by atoms with Crippen molar-refractivity contribution in [1.29, 1.82) is 0 Å². The van der Waals surface area contributed by atoms with Crippen molar-refractivity contribution in [2.45, 2.75) is 26.9 Å². The summed E-state index contributed by atoms with van der Waals surface area (Å²) in [5.41, 5.74) is 10.7. The van der Waals surface area contributed by atoms with Crippen LogP contribution in [0.5, 0.6) is 0 Å². The van der Waals surface area contributed by atoms with Crippen molar-refractivity contribution >= 4 is 59.5 Å². The summed E-state index contributed by atoms with van der Waals surface area (Å²) < 4.78 is 1.65. The molecular formula is C40H48Cl2N2SiZr+2. The Bertz CT molecular complexity index is 1700. The van der Waals surface area contributed by atoms with Crippen LogP contribution in [0.4, 0.5) is 11.4 Å². The molecule has 0 amide bonds. The predicted molar refractivity (Wildman–Crippen MR) is 208 cm³/mol. The van der Waals surface area contributed by atoms with Crippen LogP contribution < -0.4 is 8.97 Å². The zero-order chi connectivity index (χ0) is 34.1. The Hall–Kier alpha value is -2.30. The van der Waals surface area contributed by atoms with E-state index in [9.17, 15) is 0 Å². The molecule has 2 radical (unpaired) electrons. The first kappa shape index (κ1) is 38.2. The van der Waals surface area contributed by atoms with E-state index in [-0.39, 0.29) is 0 Å². The summed E-state index contributed by atoms with van der Waals surface area (Å²) in [6.45, 7) is 8.63. The molecule has 6 aromatic carbocycles. The van der Waals surface area contributed by atoms with Crippen LogP contribution in [0.25, 0.3) is 43.8 Å². The van der Waals surface area contributed by atoms with Gasteiger partial charge in [-0.1, -0.05) is 74.5 Å². The van der Waals surface area contributed by atoms with Crippen molar-refractivity contribution in [3.8, 4) is 22.3 Å². The summed E-state index contributed by atoms with van der Waals surface area (Å²) in [5.74, 6) is 0. The van der Waals surface area contributed by atoms with Crippen LogP contribution in [-0.4, -0.2) is 51.8 Å². The van der Waals surface area contributed by atoms with Crippen LogP contribution in [-0.2, 0) is 20.8 Å². The van der Waals surface area contributed by atoms with Crippen LogP contribution in [0.3, 0.4) is 0 Å². The summed E-state index contributed by atoms with van der Waals surface area (Å²) >= 11 is -0.826. The summed E-state index contributed by atoms with van der Waals surface area (Å²) in [5, 5.41) is 5.37. The molecule has 0 saturated heterocycles. The third-order valence-electron chi connectivity index (χ3n) is 7.62. The molecular weight excluding hydrogens is 699 g/mol. The predicted octanol–water partition coefficient (Wildman–Crippen LogP) is 11.6. The summed E-state index contributed by atoms with van der Waals surface area (Å²) in [6, 6.07) is 39.7. The Morgan fingerprint density at radius 3 is 1.15 bits per heavy atom. The van der Waals surface area contributed by atoms with Crippen LogP contribution in [0.15, 0.2) is 109 Å². The number of hydrogen-bond acceptors (Lipinski definition) is 0. The van der Waals surface area contributed by atoms with Gasteiger partial charge in [0.1, 0.15) is 11.4 Å². The molecule has 2 nitrogen and oxygen atoms in total. The zero-order valence-electron chi connectivity index (χ0n) is 29.0. The average Bonchev–Trinajstić information content (AvgIpc) is 3.58. The average molecular weight is 747 g/mol. The first-order chi connectivity index (χ1) is 21.8. The molecule has 0 fully saturated rings. The quantitative estimate of drug-likeness (QED) is 0.0957. The maximum absolute atomic E-state index is 4.93. The van der Waals surface area contributed by atoms with E-state index in [1.54, 1.807) is 0 Å². The Morgan fingerprint density at radius 2 is 0.826 bits per heavy atom. The number of nitrogens with zero attached hydrogens (tertiary/aromatic N) is 2. The Morgan fingerprint density at radius 1 is 0.522 bits per heavy atom. The molecule has 0 aliphatic heterocycles. The first-order valence-electron chi connectivity index (χ1n) is 15.5. The summed E-state index contributed by atoms with van der Waals surface area (Å²) in [4.78, 5) is 0. The van der Waals surface area contributed by atoms with Crippen LogP contribution in [0.1, 0.15) is 11.1 Å². The van der Waals surface area contributed by atoms with Gasteiger partial charge < -0.3 is 0 Å². The van der Waals surface area contributed by atoms with Gasteiger partial charge in [-0.2, -0.15) is 12.1 Å². The van der Waals surface area contributed by atoms with E-state index in [0.29, 0.717) is 0 Å². The third-order valence-corrected chi connectivity index (χ3v) is 7.62. The van der Waals surface area contributed by atoms with Gasteiger partial charge >= 0.3 is 37.9 Å². The van der Waals surface area contributed by atoms with Crippen molar-refractivity contribution in [1.82, 2.24) is 8.97 Å². The van der Waals surface area contributed by atoms with E-state index in [0.717, 1.165) is 18.5 Å². The number of fused-ring (bicyclic) bond motifs is 2. The standard InChI is InChI=1S/2C19H21N.C2H6Si.2ClH.Zr/c2*1-14-12-15-8-7-10-16(18(15)13-14)17-9-5-6-11-19(17)20(2,3)4;1-3-2;;;/h2*5-13H,1-4H3;1-2H3;2*1H;/q;;;;;+4/p-2. The van der Waals surface area contributed by atoms with Gasteiger partial charge in [-0.25, -0.2) is 0 Å². The van der Waals surface area contributed by atoms with Gasteiger partial charge in [0.15, 0.2) is 0 Å². The molecule has 0 N–H and O–H groups in total. The van der Waals surface area contributed by atoms with Crippen LogP contribution >= 0.6 is 17.0 Å². The monoisotopic (exact) mass is 744 g/mol. The fourth-order valence-electron chi connectivity index (χ4n) is 5.81. The van der Waals surface area contributed by atoms with Crippen LogP contribution in [0, 0.1) is 13.8 Å². The van der Waals surface area contributed by atoms with E-state index in [4.69, 9.17) is 17.0 Å². The molecule has 46 heavy (non-hydrogen) atoms. The van der Waals surface area contributed by atoms with Crippen molar-refractivity contribution in [3.63, 3.8) is 0 Å². The van der Waals surface area contributed by atoms with E-state index >= 15 is 0 Å². The van der Waals surface area contributed by atoms with Crippen LogP contribution in [0.2, 0.25) is 13.1 Å². The Labute approximate surface area is 299 Å². The Kier molecular flexibility index (Phi) is 14.3. The van der Waals surface area contributed by atoms with Crippen molar-refractivity contribution in [3.05, 3.63) is 120 Å². The number of halogens is 2. The molecule has 6 heteroatoms. The number of quaternary nitrogens is 2. The number of rotatable bonds is 4. The molecule has 0 bridgehead atoms. The van der Waals surface area contributed by atoms with Gasteiger partial charge in [-0.3, -0.25) is 8.97 Å². The number of aryl methyl sites for hydroxylation is 2. The van der Waals surface area contributed by atoms with E-state index in [1.165, 1.54) is 66.3 Å². The van der Waals surface area contributed by atoms with Gasteiger partial charge in [0.2, 0.25) is 0 Å². The molecule has 238 valence electrons. The Balaban J connectivity index is 0.000000214. The van der Waals surface area contributed by atoms with E-state index < -0.39 is 20.8 Å². The van der Waals surface area contributed by atoms with Gasteiger partial charge in [-0.15, -0.1) is 69.1 Å². The molecule has 0 spiro atoms. The fourth-order valence-corrected chi connectivity index (χ4v) is 5.81. The minimum atomic E-state index is -0.826. The van der Waals surface area contributed by atoms with Gasteiger partial charge in [-0.05, 0) is 24.3 Å². The molecule has 0 saturated carbocycles. The van der Waals surface area contributed by atoms with Crippen molar-refractivity contribution < 1.29 is 20.8 Å². The molecule has 6 aromatic rings. The van der Waals surface area contributed by atoms with Crippen molar-refractivity contribution in [2.24, 2.45) is 0 Å². The second-order valence-corrected chi connectivity index (χ2v) is 18.0. The number of hydrogen-bond donors (Lipinski definition) is 0. The van der Waals surface area contributed by atoms with E-state index in [1.807, 2.05) is 0 Å². The number of benzene rings is 4. The number of para-hydroxylation sites is 2. The summed E-state index contributed by atoms with van der Waals surface area (Å²) in [7, 11) is 24.3. The maximum atomic E-state index is 4.93. The van der Waals surface area contributed by atoms with Gasteiger partial charge in [0.05, 0.1) is 42.3 Å². The van der Waals surface area contributed by atoms with E-state index in [2.05, 4.69) is 178 Å². The first-order valence-corrected chi connectivity index (χ1v) is 23.8. The molecule has 0 heterocycles. The zero-order valence-corrected chi connectivity index (χ0v) is 34.0. The second-order valence-electron chi connectivity index (χ2n) is 13.3. The molecule has 0 aliphatic rings. The molecule has 6 rings (SSSR count). The second kappa shape index (κ2) is 17.2. The summed E-state index contributed by atoms with van der Waals surface area (Å²) in [6.07, 6.45) is 0. The topological polar surface area (TPSA) is 0 Å². The molecule has 0 aromatic heterocycles. The fraction of sp³-hybridized carbons (Fsp3) is 0.250. The van der Waals surface area contributed by atoms with Crippen molar-refractivity contribution in [2.75, 3.05) is 42.3 Å². The SMILES string of the molecule is C[Si]C.Cc1cc2c(-c3ccccc3[N+](C)(C)C)cccc2[cH-]1.Cc1cc2c(-c3ccccc3[N+](C)(C)C)cccc2[cH-]1.[Cl][Zr+2][Cl]. The molecule has 0 atom stereocenters. The minimum absolute atomic E-state index is 0.826. The normalized spacial score (nSPS) is 11.0.